The number of aryl methyl sites for hydroxylation is 1. The van der Waals surface area contributed by atoms with Crippen LogP contribution in [0.15, 0.2) is 53.5 Å². The Balaban J connectivity index is 0.861. The van der Waals surface area contributed by atoms with Crippen molar-refractivity contribution in [3.63, 3.8) is 0 Å². The number of ketones is 1. The van der Waals surface area contributed by atoms with Crippen molar-refractivity contribution in [2.75, 3.05) is 61.0 Å². The summed E-state index contributed by atoms with van der Waals surface area (Å²) in [5.41, 5.74) is 2.21. The zero-order valence-electron chi connectivity index (χ0n) is 31.8. The summed E-state index contributed by atoms with van der Waals surface area (Å²) in [4.78, 5) is 104. The average Bonchev–Trinajstić information content (AvgIpc) is 3.47. The summed E-state index contributed by atoms with van der Waals surface area (Å²) >= 11 is 6.51. The van der Waals surface area contributed by atoms with Crippen LogP contribution in [0.3, 0.4) is 0 Å². The molecule has 4 aromatic rings. The number of rotatable bonds is 9. The quantitative estimate of drug-likeness (QED) is 0.235. The smallest absolute Gasteiger partial charge is 0.293 e. The van der Waals surface area contributed by atoms with Crippen molar-refractivity contribution in [2.45, 2.75) is 38.6 Å². The molecule has 6 heterocycles. The van der Waals surface area contributed by atoms with Crippen molar-refractivity contribution < 1.29 is 33.5 Å². The number of nitrogens with zero attached hydrogens (tertiary/aromatic N) is 7. The third-order valence-electron chi connectivity index (χ3n) is 11.1. The number of pyridine rings is 1. The number of piperidine rings is 2. The lowest BCUT2D eigenvalue weighted by atomic mass is 9.94. The summed E-state index contributed by atoms with van der Waals surface area (Å²) < 4.78 is 6.92. The molecule has 1 atom stereocenters. The second kappa shape index (κ2) is 15.5. The molecule has 5 amide bonds. The lowest BCUT2D eigenvalue weighted by molar-refractivity contribution is -0.137. The first kappa shape index (κ1) is 38.5. The minimum absolute atomic E-state index is 0.0541. The fraction of sp³-hybridized carbons (Fsp3) is 0.375. The number of piperazine rings is 1. The van der Waals surface area contributed by atoms with Gasteiger partial charge in [0.15, 0.2) is 17.4 Å². The van der Waals surface area contributed by atoms with Crippen LogP contribution < -0.4 is 30.7 Å². The molecule has 3 fully saturated rings. The molecule has 0 bridgehead atoms. The van der Waals surface area contributed by atoms with Crippen molar-refractivity contribution in [1.29, 1.82) is 0 Å². The predicted octanol–water partition coefficient (Wildman–Crippen LogP) is 2.66. The number of anilines is 4. The molecule has 18 heteroatoms. The number of amides is 5. The molecule has 0 radical (unpaired) electrons. The largest absolute Gasteiger partial charge is 0.480 e. The van der Waals surface area contributed by atoms with Crippen LogP contribution in [0.2, 0.25) is 5.02 Å². The van der Waals surface area contributed by atoms with Crippen molar-refractivity contribution in [1.82, 2.24) is 29.7 Å². The third kappa shape index (κ3) is 7.32. The number of hydrogen-bond acceptors (Lipinski definition) is 13. The molecule has 2 aromatic carbocycles. The Bertz CT molecular complexity index is 2460. The highest BCUT2D eigenvalue weighted by atomic mass is 35.5. The van der Waals surface area contributed by atoms with E-state index in [1.165, 1.54) is 17.7 Å². The fourth-order valence-electron chi connectivity index (χ4n) is 7.97. The Morgan fingerprint density at radius 1 is 0.897 bits per heavy atom. The van der Waals surface area contributed by atoms with Gasteiger partial charge in [-0.2, -0.15) is 4.98 Å². The van der Waals surface area contributed by atoms with Crippen molar-refractivity contribution >= 4 is 81.0 Å². The molecule has 0 aliphatic carbocycles. The van der Waals surface area contributed by atoms with E-state index in [2.05, 4.69) is 20.5 Å². The second-order valence-corrected chi connectivity index (χ2v) is 15.3. The molecule has 2 aromatic heterocycles. The predicted molar refractivity (Wildman–Crippen MR) is 213 cm³/mol. The number of fused-ring (bicyclic) bond motifs is 2. The number of carbonyl (C=O) groups excluding carboxylic acids is 6. The number of hydrogen-bond donors (Lipinski definition) is 2. The molecule has 17 nitrogen and oxygen atoms in total. The zero-order valence-corrected chi connectivity index (χ0v) is 32.6. The molecule has 4 aliphatic rings. The van der Waals surface area contributed by atoms with Gasteiger partial charge in [0.2, 0.25) is 23.7 Å². The van der Waals surface area contributed by atoms with Gasteiger partial charge in [-0.1, -0.05) is 11.6 Å². The maximum atomic E-state index is 13.7. The van der Waals surface area contributed by atoms with E-state index in [9.17, 15) is 33.6 Å². The maximum Gasteiger partial charge on any atom is 0.293 e. The topological polar surface area (TPSA) is 196 Å². The van der Waals surface area contributed by atoms with Crippen molar-refractivity contribution in [3.05, 3.63) is 75.2 Å². The standard InChI is InChI=1S/C40H40ClN9O8/c1-22(51)21-58-32-18-24-17-25(3-6-30(24)46(2)39(32)57)43-34-29(41)20-42-40(45-34)49-15-13-48(14-16-49)36(54)23-9-11-47(12-10-23)26-4-5-27-28(19-26)38(56)50(37(27)55)31-7-8-33(52)44-35(31)53/h3-6,17-20,23,31H,7-16,21H2,1-2H3,(H,42,43,45)(H,44,52,53). The first-order chi connectivity index (χ1) is 27.9. The molecule has 58 heavy (non-hydrogen) atoms. The number of benzene rings is 2. The van der Waals surface area contributed by atoms with Gasteiger partial charge in [0.25, 0.3) is 17.4 Å². The monoisotopic (exact) mass is 809 g/mol. The van der Waals surface area contributed by atoms with Gasteiger partial charge in [-0.05, 0) is 68.7 Å². The van der Waals surface area contributed by atoms with E-state index in [1.54, 1.807) is 43.4 Å². The molecule has 0 spiro atoms. The molecule has 3 saturated heterocycles. The number of Topliss-reactive ketones (excluding diaryl/α,β-unsaturated/α-hetero) is 1. The highest BCUT2D eigenvalue weighted by molar-refractivity contribution is 6.33. The highest BCUT2D eigenvalue weighted by Gasteiger charge is 2.45. The Hall–Kier alpha value is -6.36. The van der Waals surface area contributed by atoms with Crippen molar-refractivity contribution in [3.8, 4) is 5.75 Å². The number of carbonyl (C=O) groups is 6. The normalized spacial score (nSPS) is 18.8. The molecule has 4 aliphatic heterocycles. The Kier molecular flexibility index (Phi) is 10.3. The summed E-state index contributed by atoms with van der Waals surface area (Å²) in [5.74, 6) is -1.51. The van der Waals surface area contributed by atoms with Crippen LogP contribution in [-0.2, 0) is 26.2 Å². The molecule has 2 N–H and O–H groups in total. The van der Waals surface area contributed by atoms with Gasteiger partial charge < -0.3 is 29.3 Å². The van der Waals surface area contributed by atoms with E-state index in [4.69, 9.17) is 21.3 Å². The summed E-state index contributed by atoms with van der Waals surface area (Å²) in [7, 11) is 1.64. The van der Waals surface area contributed by atoms with Gasteiger partial charge in [-0.3, -0.25) is 43.8 Å². The average molecular weight is 810 g/mol. The number of aromatic nitrogens is 3. The molecular weight excluding hydrogens is 770 g/mol. The van der Waals surface area contributed by atoms with Gasteiger partial charge in [0.05, 0.1) is 22.8 Å². The molecule has 8 rings (SSSR count). The van der Waals surface area contributed by atoms with Gasteiger partial charge in [-0.15, -0.1) is 0 Å². The SMILES string of the molecule is CC(=O)COc1cc2cc(Nc3nc(N4CCN(C(=O)C5CCN(c6ccc7c(c6)C(=O)N(C6CCC(=O)NC6=O)C7=O)CC5)CC4)ncc3Cl)ccc2n(C)c1=O. The summed E-state index contributed by atoms with van der Waals surface area (Å²) in [5, 5.41) is 6.48. The zero-order chi connectivity index (χ0) is 40.8. The van der Waals surface area contributed by atoms with Gasteiger partial charge in [0.1, 0.15) is 17.7 Å². The first-order valence-electron chi connectivity index (χ1n) is 19.1. The Morgan fingerprint density at radius 3 is 2.36 bits per heavy atom. The summed E-state index contributed by atoms with van der Waals surface area (Å²) in [6.45, 7) is 4.40. The summed E-state index contributed by atoms with van der Waals surface area (Å²) in [6, 6.07) is 11.1. The van der Waals surface area contributed by atoms with Crippen LogP contribution in [0, 0.1) is 5.92 Å². The van der Waals surface area contributed by atoms with Crippen LogP contribution in [0.25, 0.3) is 10.9 Å². The number of nitrogens with one attached hydrogen (secondary N) is 2. The number of halogens is 1. The third-order valence-corrected chi connectivity index (χ3v) is 11.4. The first-order valence-corrected chi connectivity index (χ1v) is 19.4. The molecular formula is C40H40ClN9O8. The lowest BCUT2D eigenvalue weighted by Gasteiger charge is -2.39. The van der Waals surface area contributed by atoms with Crippen LogP contribution in [-0.4, -0.2) is 112 Å². The maximum absolute atomic E-state index is 13.7. The van der Waals surface area contributed by atoms with Gasteiger partial charge >= 0.3 is 0 Å². The van der Waals surface area contributed by atoms with E-state index >= 15 is 0 Å². The van der Waals surface area contributed by atoms with Crippen molar-refractivity contribution in [2.24, 2.45) is 13.0 Å². The van der Waals surface area contributed by atoms with E-state index in [1.807, 2.05) is 15.9 Å². The van der Waals surface area contributed by atoms with Gasteiger partial charge in [0, 0.05) is 75.4 Å². The Labute approximate surface area is 336 Å². The van der Waals surface area contributed by atoms with E-state index < -0.39 is 29.7 Å². The molecule has 1 unspecified atom stereocenters. The van der Waals surface area contributed by atoms with E-state index in [-0.39, 0.29) is 59.5 Å². The lowest BCUT2D eigenvalue weighted by Crippen LogP contribution is -2.54. The minimum Gasteiger partial charge on any atom is -0.480 e. The number of imide groups is 2. The highest BCUT2D eigenvalue weighted by Crippen LogP contribution is 2.33. The molecule has 300 valence electrons. The van der Waals surface area contributed by atoms with Crippen LogP contribution in [0.5, 0.6) is 5.75 Å². The molecule has 0 saturated carbocycles. The minimum atomic E-state index is -1.02. The van der Waals surface area contributed by atoms with Gasteiger partial charge in [-0.25, -0.2) is 4.98 Å². The van der Waals surface area contributed by atoms with E-state index in [0.29, 0.717) is 85.5 Å². The Morgan fingerprint density at radius 2 is 1.64 bits per heavy atom. The van der Waals surface area contributed by atoms with Crippen LogP contribution in [0.4, 0.5) is 23.1 Å². The van der Waals surface area contributed by atoms with Crippen LogP contribution in [0.1, 0.15) is 53.3 Å². The van der Waals surface area contributed by atoms with E-state index in [0.717, 1.165) is 10.6 Å². The van der Waals surface area contributed by atoms with Crippen LogP contribution >= 0.6 is 11.6 Å². The summed E-state index contributed by atoms with van der Waals surface area (Å²) in [6.07, 6.45) is 2.92. The second-order valence-electron chi connectivity index (χ2n) is 14.9. The fourth-order valence-corrected chi connectivity index (χ4v) is 8.11. The number of ether oxygens (including phenoxy) is 1.